The number of ether oxygens (including phenoxy) is 1. The lowest BCUT2D eigenvalue weighted by Gasteiger charge is -2.53. The minimum absolute atomic E-state index is 0.561. The molecule has 6 rings (SSSR count). The molecule has 136 valence electrons. The lowest BCUT2D eigenvalue weighted by Crippen LogP contribution is -2.63. The van der Waals surface area contributed by atoms with Gasteiger partial charge in [0.25, 0.3) is 0 Å². The van der Waals surface area contributed by atoms with Crippen molar-refractivity contribution in [3.63, 3.8) is 0 Å². The van der Waals surface area contributed by atoms with Gasteiger partial charge in [-0.15, -0.1) is 0 Å². The Morgan fingerprint density at radius 1 is 0.885 bits per heavy atom. The van der Waals surface area contributed by atoms with Gasteiger partial charge in [-0.05, 0) is 49.1 Å². The molecule has 0 aromatic heterocycles. The Morgan fingerprint density at radius 3 is 2.54 bits per heavy atom. The molecule has 0 saturated carbocycles. The summed E-state index contributed by atoms with van der Waals surface area (Å²) in [4.78, 5) is 5.40. The number of fused-ring (bicyclic) bond motifs is 4. The summed E-state index contributed by atoms with van der Waals surface area (Å²) in [5.41, 5.74) is 4.31. The maximum absolute atomic E-state index is 5.86. The zero-order valence-corrected chi connectivity index (χ0v) is 15.4. The SMILES string of the molecule is c1ccc(N2C[C@H]3CC[C@@H]2CN3CCC2COCc3ccccc32)cc1. The van der Waals surface area contributed by atoms with Gasteiger partial charge in [0.15, 0.2) is 0 Å². The number of nitrogens with zero attached hydrogens (tertiary/aromatic N) is 2. The quantitative estimate of drug-likeness (QED) is 0.829. The summed E-state index contributed by atoms with van der Waals surface area (Å²) in [6.07, 6.45) is 3.91. The van der Waals surface area contributed by atoms with Gasteiger partial charge in [0.2, 0.25) is 0 Å². The van der Waals surface area contributed by atoms with Crippen molar-refractivity contribution < 1.29 is 4.74 Å². The van der Waals surface area contributed by atoms with Crippen LogP contribution in [0.4, 0.5) is 5.69 Å². The van der Waals surface area contributed by atoms with Gasteiger partial charge in [-0.2, -0.15) is 0 Å². The number of piperidine rings is 2. The van der Waals surface area contributed by atoms with E-state index >= 15 is 0 Å². The number of hydrogen-bond acceptors (Lipinski definition) is 3. The fraction of sp³-hybridized carbons (Fsp3) is 0.478. The molecule has 0 radical (unpaired) electrons. The van der Waals surface area contributed by atoms with Gasteiger partial charge >= 0.3 is 0 Å². The highest BCUT2D eigenvalue weighted by molar-refractivity contribution is 5.48. The highest BCUT2D eigenvalue weighted by atomic mass is 16.5. The van der Waals surface area contributed by atoms with Crippen molar-refractivity contribution in [1.82, 2.24) is 4.90 Å². The maximum Gasteiger partial charge on any atom is 0.0719 e. The minimum Gasteiger partial charge on any atom is -0.376 e. The highest BCUT2D eigenvalue weighted by Gasteiger charge is 2.39. The third-order valence-electron chi connectivity index (χ3n) is 6.57. The number of rotatable bonds is 4. The van der Waals surface area contributed by atoms with Gasteiger partial charge in [0, 0.05) is 36.8 Å². The van der Waals surface area contributed by atoms with Crippen LogP contribution in [0.15, 0.2) is 54.6 Å². The molecule has 2 aromatic carbocycles. The molecule has 0 aliphatic carbocycles. The summed E-state index contributed by atoms with van der Waals surface area (Å²) in [5, 5.41) is 0. The maximum atomic E-state index is 5.86. The molecule has 3 saturated heterocycles. The van der Waals surface area contributed by atoms with Gasteiger partial charge in [-0.3, -0.25) is 4.90 Å². The third kappa shape index (κ3) is 3.04. The molecule has 3 heteroatoms. The lowest BCUT2D eigenvalue weighted by molar-refractivity contribution is 0.0670. The zero-order valence-electron chi connectivity index (χ0n) is 15.4. The number of piperazine rings is 1. The Balaban J connectivity index is 1.24. The van der Waals surface area contributed by atoms with E-state index in [0.29, 0.717) is 18.0 Å². The first-order chi connectivity index (χ1) is 12.9. The fourth-order valence-corrected chi connectivity index (χ4v) is 5.15. The van der Waals surface area contributed by atoms with Crippen LogP contribution in [0.2, 0.25) is 0 Å². The van der Waals surface area contributed by atoms with Crippen LogP contribution >= 0.6 is 0 Å². The normalized spacial score (nSPS) is 28.2. The van der Waals surface area contributed by atoms with E-state index in [1.807, 2.05) is 0 Å². The van der Waals surface area contributed by atoms with Crippen molar-refractivity contribution in [2.75, 3.05) is 31.1 Å². The van der Waals surface area contributed by atoms with Crippen molar-refractivity contribution in [2.24, 2.45) is 0 Å². The monoisotopic (exact) mass is 348 g/mol. The molecular formula is C23H28N2O. The summed E-state index contributed by atoms with van der Waals surface area (Å²) in [5.74, 6) is 0.561. The topological polar surface area (TPSA) is 15.7 Å². The predicted octanol–water partition coefficient (Wildman–Crippen LogP) is 4.04. The smallest absolute Gasteiger partial charge is 0.0719 e. The average Bonchev–Trinajstić information content (AvgIpc) is 2.73. The van der Waals surface area contributed by atoms with E-state index in [1.165, 1.54) is 55.7 Å². The van der Waals surface area contributed by atoms with Crippen LogP contribution in [-0.2, 0) is 11.3 Å². The molecule has 0 amide bonds. The van der Waals surface area contributed by atoms with Crippen LogP contribution in [0, 0.1) is 0 Å². The molecule has 3 nitrogen and oxygen atoms in total. The second-order valence-corrected chi connectivity index (χ2v) is 8.07. The molecule has 4 aliphatic rings. The molecule has 3 fully saturated rings. The number of para-hydroxylation sites is 1. The van der Waals surface area contributed by atoms with Crippen molar-refractivity contribution in [1.29, 1.82) is 0 Å². The Hall–Kier alpha value is -1.84. The summed E-state index contributed by atoms with van der Waals surface area (Å²) < 4.78 is 5.86. The van der Waals surface area contributed by atoms with E-state index in [1.54, 1.807) is 0 Å². The van der Waals surface area contributed by atoms with Crippen LogP contribution in [0.25, 0.3) is 0 Å². The van der Waals surface area contributed by atoms with E-state index in [-0.39, 0.29) is 0 Å². The molecule has 0 N–H and O–H groups in total. The summed E-state index contributed by atoms with van der Waals surface area (Å²) >= 11 is 0. The van der Waals surface area contributed by atoms with Crippen LogP contribution in [0.1, 0.15) is 36.3 Å². The first-order valence-corrected chi connectivity index (χ1v) is 10.1. The molecule has 4 aliphatic heterocycles. The minimum atomic E-state index is 0.561. The third-order valence-corrected chi connectivity index (χ3v) is 6.57. The number of anilines is 1. The lowest BCUT2D eigenvalue weighted by atomic mass is 9.87. The Bertz CT molecular complexity index is 747. The van der Waals surface area contributed by atoms with E-state index < -0.39 is 0 Å². The summed E-state index contributed by atoms with van der Waals surface area (Å²) in [6, 6.07) is 21.2. The Morgan fingerprint density at radius 2 is 1.69 bits per heavy atom. The van der Waals surface area contributed by atoms with E-state index in [0.717, 1.165) is 13.2 Å². The fourth-order valence-electron chi connectivity index (χ4n) is 5.15. The second kappa shape index (κ2) is 7.05. The van der Waals surface area contributed by atoms with Crippen molar-refractivity contribution in [3.8, 4) is 0 Å². The largest absolute Gasteiger partial charge is 0.376 e. The van der Waals surface area contributed by atoms with Gasteiger partial charge < -0.3 is 9.64 Å². The van der Waals surface area contributed by atoms with Crippen LogP contribution < -0.4 is 4.90 Å². The first-order valence-electron chi connectivity index (χ1n) is 10.1. The number of hydrogen-bond donors (Lipinski definition) is 0. The average molecular weight is 348 g/mol. The Labute approximate surface area is 156 Å². The zero-order chi connectivity index (χ0) is 17.3. The summed E-state index contributed by atoms with van der Waals surface area (Å²) in [7, 11) is 0. The van der Waals surface area contributed by atoms with E-state index in [4.69, 9.17) is 4.74 Å². The van der Waals surface area contributed by atoms with Crippen molar-refractivity contribution >= 4 is 5.69 Å². The van der Waals surface area contributed by atoms with Crippen LogP contribution in [0.3, 0.4) is 0 Å². The van der Waals surface area contributed by atoms with Gasteiger partial charge in [-0.1, -0.05) is 42.5 Å². The molecular weight excluding hydrogens is 320 g/mol. The predicted molar refractivity (Wildman–Crippen MR) is 106 cm³/mol. The molecule has 26 heavy (non-hydrogen) atoms. The highest BCUT2D eigenvalue weighted by Crippen LogP contribution is 2.34. The van der Waals surface area contributed by atoms with E-state index in [2.05, 4.69) is 64.4 Å². The second-order valence-electron chi connectivity index (χ2n) is 8.07. The molecule has 3 atom stereocenters. The van der Waals surface area contributed by atoms with Gasteiger partial charge in [0.1, 0.15) is 0 Å². The van der Waals surface area contributed by atoms with Crippen molar-refractivity contribution in [3.05, 3.63) is 65.7 Å². The van der Waals surface area contributed by atoms with Crippen molar-refractivity contribution in [2.45, 2.75) is 43.9 Å². The molecule has 4 heterocycles. The molecule has 0 spiro atoms. The molecule has 2 aromatic rings. The van der Waals surface area contributed by atoms with Crippen LogP contribution in [0.5, 0.6) is 0 Å². The summed E-state index contributed by atoms with van der Waals surface area (Å²) in [6.45, 7) is 5.27. The standard InChI is InChI=1S/C23H28N2O/c1-2-7-20(8-3-1)25-15-21-10-11-22(25)14-24(21)13-12-19-17-26-16-18-6-4-5-9-23(18)19/h1-9,19,21-22H,10-17H2/t19?,21-,22-/m1/s1. The Kier molecular flexibility index (Phi) is 4.43. The first kappa shape index (κ1) is 16.3. The van der Waals surface area contributed by atoms with Gasteiger partial charge in [0.05, 0.1) is 13.2 Å². The molecule has 2 bridgehead atoms. The van der Waals surface area contributed by atoms with Gasteiger partial charge in [-0.25, -0.2) is 0 Å². The van der Waals surface area contributed by atoms with E-state index in [9.17, 15) is 0 Å². The molecule has 1 unspecified atom stereocenters. The van der Waals surface area contributed by atoms with Crippen LogP contribution in [-0.4, -0.2) is 43.2 Å². The number of benzene rings is 2.